The number of benzene rings is 1. The van der Waals surface area contributed by atoms with E-state index in [0.29, 0.717) is 12.3 Å². The fraction of sp³-hybridized carbons (Fsp3) is 0.474. The first-order chi connectivity index (χ1) is 12.8. The zero-order valence-corrected chi connectivity index (χ0v) is 16.1. The Balaban J connectivity index is 0.00000210. The van der Waals surface area contributed by atoms with Gasteiger partial charge in [0, 0.05) is 63.5 Å². The Kier molecular flexibility index (Phi) is 6.71. The van der Waals surface area contributed by atoms with E-state index >= 15 is 0 Å². The van der Waals surface area contributed by atoms with Gasteiger partial charge in [-0.3, -0.25) is 14.8 Å². The van der Waals surface area contributed by atoms with Gasteiger partial charge in [-0.2, -0.15) is 5.10 Å². The zero-order chi connectivity index (χ0) is 17.8. The van der Waals surface area contributed by atoms with Gasteiger partial charge in [-0.15, -0.1) is 12.4 Å². The highest BCUT2D eigenvalue weighted by Gasteiger charge is 2.27. The molecule has 1 saturated heterocycles. The Morgan fingerprint density at radius 2 is 1.93 bits per heavy atom. The van der Waals surface area contributed by atoms with E-state index in [1.807, 2.05) is 35.2 Å². The van der Waals surface area contributed by atoms with Crippen LogP contribution < -0.4 is 10.1 Å². The Morgan fingerprint density at radius 1 is 1.15 bits per heavy atom. The molecule has 0 bridgehead atoms. The minimum atomic E-state index is 0. The van der Waals surface area contributed by atoms with Crippen molar-refractivity contribution >= 4 is 18.3 Å². The van der Waals surface area contributed by atoms with Gasteiger partial charge in [0.1, 0.15) is 12.4 Å². The number of para-hydroxylation sites is 1. The molecule has 27 heavy (non-hydrogen) atoms. The van der Waals surface area contributed by atoms with E-state index in [-0.39, 0.29) is 18.3 Å². The number of hydrogen-bond acceptors (Lipinski definition) is 5. The van der Waals surface area contributed by atoms with Crippen LogP contribution in [0.25, 0.3) is 0 Å². The van der Waals surface area contributed by atoms with Gasteiger partial charge in [0.2, 0.25) is 0 Å². The van der Waals surface area contributed by atoms with Crippen LogP contribution in [0.3, 0.4) is 0 Å². The molecule has 1 fully saturated rings. The van der Waals surface area contributed by atoms with Gasteiger partial charge in [0.15, 0.2) is 5.69 Å². The second-order valence-electron chi connectivity index (χ2n) is 6.75. The van der Waals surface area contributed by atoms with Gasteiger partial charge in [0.05, 0.1) is 0 Å². The van der Waals surface area contributed by atoms with E-state index in [0.717, 1.165) is 69.2 Å². The molecule has 0 aliphatic carbocycles. The molecule has 2 aliphatic heterocycles. The predicted molar refractivity (Wildman–Crippen MR) is 106 cm³/mol. The Hall–Kier alpha value is -2.09. The molecular weight excluding hydrogens is 366 g/mol. The molecule has 0 atom stereocenters. The van der Waals surface area contributed by atoms with E-state index in [9.17, 15) is 4.79 Å². The van der Waals surface area contributed by atoms with Crippen molar-refractivity contribution < 1.29 is 9.53 Å². The Bertz CT molecular complexity index is 744. The number of carbonyl (C=O) groups excluding carboxylic acids is 1. The van der Waals surface area contributed by atoms with E-state index in [1.165, 1.54) is 0 Å². The molecule has 1 aromatic heterocycles. The number of fused-ring (bicyclic) bond motifs is 1. The number of nitrogens with one attached hydrogen (secondary N) is 2. The maximum Gasteiger partial charge on any atom is 0.274 e. The minimum absolute atomic E-state index is 0. The van der Waals surface area contributed by atoms with Crippen LogP contribution in [-0.4, -0.2) is 71.8 Å². The van der Waals surface area contributed by atoms with Crippen LogP contribution in [0.15, 0.2) is 30.3 Å². The first-order valence-electron chi connectivity index (χ1n) is 9.27. The topological polar surface area (TPSA) is 73.5 Å². The highest BCUT2D eigenvalue weighted by molar-refractivity contribution is 5.94. The largest absolute Gasteiger partial charge is 0.492 e. The molecule has 4 rings (SSSR count). The normalized spacial score (nSPS) is 17.1. The summed E-state index contributed by atoms with van der Waals surface area (Å²) >= 11 is 0. The lowest BCUT2D eigenvalue weighted by molar-refractivity contribution is 0.0613. The van der Waals surface area contributed by atoms with Crippen molar-refractivity contribution in [2.45, 2.75) is 13.0 Å². The summed E-state index contributed by atoms with van der Waals surface area (Å²) in [5, 5.41) is 10.6. The summed E-state index contributed by atoms with van der Waals surface area (Å²) in [6.45, 7) is 6.41. The molecule has 0 saturated carbocycles. The van der Waals surface area contributed by atoms with Crippen LogP contribution in [0.5, 0.6) is 5.75 Å². The van der Waals surface area contributed by atoms with Crippen LogP contribution in [0.2, 0.25) is 0 Å². The number of amides is 1. The third-order valence-electron chi connectivity index (χ3n) is 5.09. The number of aromatic nitrogens is 2. The maximum absolute atomic E-state index is 12.8. The highest BCUT2D eigenvalue weighted by atomic mass is 35.5. The first-order valence-corrected chi connectivity index (χ1v) is 9.27. The van der Waals surface area contributed by atoms with Crippen molar-refractivity contribution in [2.75, 3.05) is 45.9 Å². The third kappa shape index (κ3) is 4.61. The summed E-state index contributed by atoms with van der Waals surface area (Å²) in [7, 11) is 0. The highest BCUT2D eigenvalue weighted by Crippen LogP contribution is 2.18. The molecule has 0 spiro atoms. The Morgan fingerprint density at radius 3 is 2.70 bits per heavy atom. The fourth-order valence-corrected chi connectivity index (χ4v) is 3.54. The van der Waals surface area contributed by atoms with Crippen LogP contribution in [0, 0.1) is 0 Å². The molecular formula is C19H26ClN5O2. The second-order valence-corrected chi connectivity index (χ2v) is 6.75. The molecule has 2 aromatic rings. The number of piperazine rings is 1. The van der Waals surface area contributed by atoms with Crippen LogP contribution in [-0.2, 0) is 13.0 Å². The Labute approximate surface area is 165 Å². The zero-order valence-electron chi connectivity index (χ0n) is 15.3. The van der Waals surface area contributed by atoms with Gasteiger partial charge in [0.25, 0.3) is 5.91 Å². The minimum Gasteiger partial charge on any atom is -0.492 e. The van der Waals surface area contributed by atoms with Crippen LogP contribution in [0.1, 0.15) is 21.7 Å². The van der Waals surface area contributed by atoms with Gasteiger partial charge >= 0.3 is 0 Å². The van der Waals surface area contributed by atoms with Crippen LogP contribution >= 0.6 is 12.4 Å². The second kappa shape index (κ2) is 9.21. The molecule has 7 nitrogen and oxygen atoms in total. The number of aromatic amines is 1. The number of carbonyl (C=O) groups is 1. The number of H-pyrrole nitrogens is 1. The number of hydrogen-bond donors (Lipinski definition) is 2. The van der Waals surface area contributed by atoms with Crippen molar-refractivity contribution in [3.63, 3.8) is 0 Å². The van der Waals surface area contributed by atoms with Crippen molar-refractivity contribution in [2.24, 2.45) is 0 Å². The number of ether oxygens (including phenoxy) is 1. The lowest BCUT2D eigenvalue weighted by Gasteiger charge is -2.34. The van der Waals surface area contributed by atoms with Crippen molar-refractivity contribution in [1.82, 2.24) is 25.3 Å². The van der Waals surface area contributed by atoms with Gasteiger partial charge in [-0.05, 0) is 12.1 Å². The molecule has 8 heteroatoms. The molecule has 2 N–H and O–H groups in total. The summed E-state index contributed by atoms with van der Waals surface area (Å²) in [6.07, 6.45) is 0.908. The van der Waals surface area contributed by atoms with E-state index in [2.05, 4.69) is 20.4 Å². The smallest absolute Gasteiger partial charge is 0.274 e. The molecule has 1 aromatic carbocycles. The summed E-state index contributed by atoms with van der Waals surface area (Å²) in [5.74, 6) is 0.949. The monoisotopic (exact) mass is 391 g/mol. The third-order valence-corrected chi connectivity index (χ3v) is 5.09. The SMILES string of the molecule is Cl.O=C(c1n[nH]c2c1CNCC2)N1CCN(CCOc2ccccc2)CC1. The van der Waals surface area contributed by atoms with E-state index < -0.39 is 0 Å². The van der Waals surface area contributed by atoms with E-state index in [4.69, 9.17) is 4.74 Å². The fourth-order valence-electron chi connectivity index (χ4n) is 3.54. The van der Waals surface area contributed by atoms with E-state index in [1.54, 1.807) is 0 Å². The van der Waals surface area contributed by atoms with Gasteiger partial charge in [-0.1, -0.05) is 18.2 Å². The van der Waals surface area contributed by atoms with Gasteiger partial charge < -0.3 is 15.0 Å². The number of halogens is 1. The average molecular weight is 392 g/mol. The quantitative estimate of drug-likeness (QED) is 0.804. The molecule has 0 unspecified atom stereocenters. The maximum atomic E-state index is 12.8. The standard InChI is InChI=1S/C19H25N5O2.ClH/c25-19(18-16-14-20-7-6-17(16)21-22-18)24-10-8-23(9-11-24)12-13-26-15-4-2-1-3-5-15;/h1-5,20H,6-14H2,(H,21,22);1H. The van der Waals surface area contributed by atoms with Crippen molar-refractivity contribution in [1.29, 1.82) is 0 Å². The van der Waals surface area contributed by atoms with Crippen molar-refractivity contribution in [3.8, 4) is 5.75 Å². The summed E-state index contributed by atoms with van der Waals surface area (Å²) in [5.41, 5.74) is 2.73. The molecule has 2 aliphatic rings. The molecule has 3 heterocycles. The summed E-state index contributed by atoms with van der Waals surface area (Å²) in [6, 6.07) is 9.87. The number of nitrogens with zero attached hydrogens (tertiary/aromatic N) is 3. The van der Waals surface area contributed by atoms with Crippen LogP contribution in [0.4, 0.5) is 0 Å². The predicted octanol–water partition coefficient (Wildman–Crippen LogP) is 1.31. The average Bonchev–Trinajstić information content (AvgIpc) is 3.13. The van der Waals surface area contributed by atoms with Crippen molar-refractivity contribution in [3.05, 3.63) is 47.3 Å². The summed E-state index contributed by atoms with van der Waals surface area (Å²) < 4.78 is 5.76. The van der Waals surface area contributed by atoms with Gasteiger partial charge in [-0.25, -0.2) is 0 Å². The molecule has 1 amide bonds. The summed E-state index contributed by atoms with van der Waals surface area (Å²) in [4.78, 5) is 17.1. The first kappa shape index (κ1) is 19.7. The molecule has 0 radical (unpaired) electrons. The lowest BCUT2D eigenvalue weighted by Crippen LogP contribution is -2.49. The molecule has 146 valence electrons. The number of rotatable bonds is 5. The lowest BCUT2D eigenvalue weighted by atomic mass is 10.1.